The largest absolute Gasteiger partial charge is 0.471 e. The monoisotopic (exact) mass is 531 g/mol. The number of fused-ring (bicyclic) bond motifs is 1. The molecule has 0 aromatic heterocycles. The molecule has 37 heavy (non-hydrogen) atoms. The van der Waals surface area contributed by atoms with E-state index in [9.17, 15) is 37.1 Å². The standard InChI is InChI=1S/C24H36F3N5O5/c1-10-7-11(18(34)29-10)8-13(17(28)33)30-19(35)15-14-12(23(14,5)6)9-32(15)20(36)16(22(2,3)4)31-21(37)24(25,26)27/h10-16H,7-9H2,1-6H3,(H2,28,33)(H,29,34)(H,30,35)(H,31,37)/t10?,11-,12-,13-,14-,15-,16+/m0/s1. The van der Waals surface area contributed by atoms with E-state index in [0.717, 1.165) is 0 Å². The molecule has 3 rings (SSSR count). The van der Waals surface area contributed by atoms with Gasteiger partial charge in [0.2, 0.25) is 23.6 Å². The van der Waals surface area contributed by atoms with Crippen molar-refractivity contribution < 1.29 is 37.1 Å². The summed E-state index contributed by atoms with van der Waals surface area (Å²) in [6.07, 6.45) is -4.73. The first-order chi connectivity index (χ1) is 16.8. The Balaban J connectivity index is 1.83. The molecule has 10 nitrogen and oxygen atoms in total. The van der Waals surface area contributed by atoms with E-state index < -0.39 is 59.3 Å². The van der Waals surface area contributed by atoms with Crippen LogP contribution in [-0.2, 0) is 24.0 Å². The third-order valence-electron chi connectivity index (χ3n) is 7.98. The van der Waals surface area contributed by atoms with Crippen LogP contribution in [0.15, 0.2) is 0 Å². The van der Waals surface area contributed by atoms with Gasteiger partial charge in [0.05, 0.1) is 0 Å². The van der Waals surface area contributed by atoms with Crippen molar-refractivity contribution >= 4 is 29.5 Å². The van der Waals surface area contributed by atoms with E-state index >= 15 is 0 Å². The van der Waals surface area contributed by atoms with Crippen LogP contribution < -0.4 is 21.7 Å². The zero-order valence-electron chi connectivity index (χ0n) is 21.9. The fraction of sp³-hybridized carbons (Fsp3) is 0.792. The number of nitrogens with two attached hydrogens (primary N) is 1. The van der Waals surface area contributed by atoms with Gasteiger partial charge in [-0.25, -0.2) is 0 Å². The lowest BCUT2D eigenvalue weighted by molar-refractivity contribution is -0.176. The van der Waals surface area contributed by atoms with Crippen LogP contribution in [0.2, 0.25) is 0 Å². The van der Waals surface area contributed by atoms with Crippen molar-refractivity contribution in [1.82, 2.24) is 20.9 Å². The number of hydrogen-bond donors (Lipinski definition) is 4. The highest BCUT2D eigenvalue weighted by Crippen LogP contribution is 2.65. The Bertz CT molecular complexity index is 992. The van der Waals surface area contributed by atoms with Gasteiger partial charge in [0.1, 0.15) is 18.1 Å². The molecule has 2 heterocycles. The Hall–Kier alpha value is -2.86. The molecule has 13 heteroatoms. The summed E-state index contributed by atoms with van der Waals surface area (Å²) in [5.41, 5.74) is 4.11. The van der Waals surface area contributed by atoms with E-state index in [1.807, 2.05) is 20.8 Å². The number of hydrogen-bond acceptors (Lipinski definition) is 5. The number of alkyl halides is 3. The number of rotatable bonds is 7. The number of halogens is 3. The summed E-state index contributed by atoms with van der Waals surface area (Å²) in [5, 5.41) is 7.13. The van der Waals surface area contributed by atoms with E-state index in [1.165, 1.54) is 25.7 Å². The van der Waals surface area contributed by atoms with Crippen molar-refractivity contribution in [2.24, 2.45) is 34.3 Å². The third-order valence-corrected chi connectivity index (χ3v) is 7.98. The van der Waals surface area contributed by atoms with E-state index in [-0.39, 0.29) is 42.2 Å². The lowest BCUT2D eigenvalue weighted by Gasteiger charge is -2.38. The molecule has 3 aliphatic rings. The van der Waals surface area contributed by atoms with Gasteiger partial charge in [0.25, 0.3) is 0 Å². The van der Waals surface area contributed by atoms with Crippen molar-refractivity contribution in [2.75, 3.05) is 6.54 Å². The van der Waals surface area contributed by atoms with Crippen molar-refractivity contribution in [3.05, 3.63) is 0 Å². The number of likely N-dealkylation sites (tertiary alicyclic amines) is 1. The third kappa shape index (κ3) is 5.69. The van der Waals surface area contributed by atoms with Gasteiger partial charge >= 0.3 is 12.1 Å². The minimum atomic E-state index is -5.19. The van der Waals surface area contributed by atoms with Crippen LogP contribution in [-0.4, -0.2) is 71.3 Å². The maximum atomic E-state index is 13.5. The molecule has 1 saturated carbocycles. The van der Waals surface area contributed by atoms with Crippen LogP contribution in [0, 0.1) is 28.6 Å². The fourth-order valence-corrected chi connectivity index (χ4v) is 5.79. The molecule has 5 amide bonds. The summed E-state index contributed by atoms with van der Waals surface area (Å²) < 4.78 is 38.9. The molecule has 7 atom stereocenters. The Morgan fingerprint density at radius 3 is 2.22 bits per heavy atom. The van der Waals surface area contributed by atoms with Gasteiger partial charge in [-0.2, -0.15) is 13.2 Å². The smallest absolute Gasteiger partial charge is 0.368 e. The molecule has 0 spiro atoms. The highest BCUT2D eigenvalue weighted by molar-refractivity contribution is 5.96. The maximum absolute atomic E-state index is 13.5. The summed E-state index contributed by atoms with van der Waals surface area (Å²) >= 11 is 0. The van der Waals surface area contributed by atoms with Crippen LogP contribution in [0.5, 0.6) is 0 Å². The highest BCUT2D eigenvalue weighted by atomic mass is 19.4. The average Bonchev–Trinajstić information content (AvgIpc) is 3.06. The number of carbonyl (C=O) groups excluding carboxylic acids is 5. The van der Waals surface area contributed by atoms with Crippen LogP contribution in [0.3, 0.4) is 0 Å². The number of nitrogens with one attached hydrogen (secondary N) is 3. The van der Waals surface area contributed by atoms with Crippen LogP contribution in [0.1, 0.15) is 54.4 Å². The van der Waals surface area contributed by atoms with Gasteiger partial charge in [-0.3, -0.25) is 24.0 Å². The van der Waals surface area contributed by atoms with Gasteiger partial charge in [-0.05, 0) is 42.4 Å². The number of amides is 5. The van der Waals surface area contributed by atoms with E-state index in [1.54, 1.807) is 5.32 Å². The average molecular weight is 532 g/mol. The van der Waals surface area contributed by atoms with Crippen molar-refractivity contribution in [1.29, 1.82) is 0 Å². The lowest BCUT2D eigenvalue weighted by Crippen LogP contribution is -2.61. The number of nitrogens with zero attached hydrogens (tertiary/aromatic N) is 1. The Kier molecular flexibility index (Phi) is 7.34. The van der Waals surface area contributed by atoms with Crippen molar-refractivity contribution in [3.63, 3.8) is 0 Å². The van der Waals surface area contributed by atoms with Crippen molar-refractivity contribution in [3.8, 4) is 0 Å². The molecular formula is C24H36F3N5O5. The number of carbonyl (C=O) groups is 5. The summed E-state index contributed by atoms with van der Waals surface area (Å²) in [5.74, 6) is -5.72. The first kappa shape index (κ1) is 28.7. The van der Waals surface area contributed by atoms with Gasteiger partial charge in [-0.15, -0.1) is 0 Å². The van der Waals surface area contributed by atoms with E-state index in [4.69, 9.17) is 5.73 Å². The second-order valence-corrected chi connectivity index (χ2v) is 12.2. The van der Waals surface area contributed by atoms with Crippen LogP contribution in [0.4, 0.5) is 13.2 Å². The second kappa shape index (κ2) is 9.46. The maximum Gasteiger partial charge on any atom is 0.471 e. The molecule has 1 aliphatic carbocycles. The first-order valence-electron chi connectivity index (χ1n) is 12.3. The van der Waals surface area contributed by atoms with Gasteiger partial charge < -0.3 is 26.6 Å². The molecule has 2 saturated heterocycles. The molecule has 208 valence electrons. The van der Waals surface area contributed by atoms with Crippen LogP contribution >= 0.6 is 0 Å². The van der Waals surface area contributed by atoms with E-state index in [0.29, 0.717) is 6.42 Å². The first-order valence-corrected chi connectivity index (χ1v) is 12.3. The minimum Gasteiger partial charge on any atom is -0.368 e. The Labute approximate surface area is 213 Å². The normalized spacial score (nSPS) is 30.1. The fourth-order valence-electron chi connectivity index (χ4n) is 5.79. The predicted molar refractivity (Wildman–Crippen MR) is 125 cm³/mol. The quantitative estimate of drug-likeness (QED) is 0.376. The second-order valence-electron chi connectivity index (χ2n) is 12.2. The molecule has 0 radical (unpaired) electrons. The molecule has 0 aromatic carbocycles. The van der Waals surface area contributed by atoms with E-state index in [2.05, 4.69) is 10.6 Å². The summed E-state index contributed by atoms with van der Waals surface area (Å²) in [7, 11) is 0. The van der Waals surface area contributed by atoms with Crippen molar-refractivity contribution in [2.45, 2.75) is 84.7 Å². The molecule has 3 fully saturated rings. The SMILES string of the molecule is CC1C[C@@H](C[C@H](NC(=O)[C@@H]2[C@@H]3[C@H](CN2C(=O)[C@@H](NC(=O)C(F)(F)F)C(C)(C)C)C3(C)C)C(N)=O)C(=O)N1. The molecule has 2 aliphatic heterocycles. The predicted octanol–water partition coefficient (Wildman–Crippen LogP) is 0.447. The minimum absolute atomic E-state index is 0.0122. The summed E-state index contributed by atoms with van der Waals surface area (Å²) in [4.78, 5) is 64.2. The lowest BCUT2D eigenvalue weighted by atomic mass is 9.85. The summed E-state index contributed by atoms with van der Waals surface area (Å²) in [6.45, 7) is 10.3. The zero-order valence-corrected chi connectivity index (χ0v) is 21.9. The number of piperidine rings is 1. The topological polar surface area (TPSA) is 151 Å². The molecule has 0 aromatic rings. The Morgan fingerprint density at radius 2 is 1.76 bits per heavy atom. The Morgan fingerprint density at radius 1 is 1.16 bits per heavy atom. The van der Waals surface area contributed by atoms with Crippen LogP contribution in [0.25, 0.3) is 0 Å². The van der Waals surface area contributed by atoms with Gasteiger partial charge in [0, 0.05) is 18.5 Å². The highest BCUT2D eigenvalue weighted by Gasteiger charge is 2.70. The van der Waals surface area contributed by atoms with Gasteiger partial charge in [-0.1, -0.05) is 34.6 Å². The molecular weight excluding hydrogens is 495 g/mol. The zero-order chi connectivity index (χ0) is 28.2. The summed E-state index contributed by atoms with van der Waals surface area (Å²) in [6, 6.07) is -3.87. The van der Waals surface area contributed by atoms with Gasteiger partial charge in [0.15, 0.2) is 0 Å². The molecule has 0 bridgehead atoms. The molecule has 1 unspecified atom stereocenters. The molecule has 5 N–H and O–H groups in total. The number of primary amides is 1.